The molecule has 2 aliphatic heterocycles. The van der Waals surface area contributed by atoms with Crippen LogP contribution in [0.2, 0.25) is 5.15 Å². The number of rotatable bonds is 4. The lowest BCUT2D eigenvalue weighted by Crippen LogP contribution is -2.50. The van der Waals surface area contributed by atoms with Crippen LogP contribution in [-0.2, 0) is 19.6 Å². The number of ether oxygens (including phenoxy) is 1. The van der Waals surface area contributed by atoms with Gasteiger partial charge < -0.3 is 15.0 Å². The van der Waals surface area contributed by atoms with Gasteiger partial charge in [0.05, 0.1) is 7.11 Å². The second-order valence-corrected chi connectivity index (χ2v) is 7.81. The van der Waals surface area contributed by atoms with Crippen LogP contribution in [0.3, 0.4) is 0 Å². The molecule has 0 aliphatic carbocycles. The zero-order chi connectivity index (χ0) is 19.0. The molecule has 1 N–H and O–H groups in total. The Morgan fingerprint density at radius 1 is 1.26 bits per heavy atom. The zero-order valence-corrected chi connectivity index (χ0v) is 16.9. The molecule has 2 aliphatic rings. The molecule has 6 nitrogen and oxygen atoms in total. The number of anilines is 1. The van der Waals surface area contributed by atoms with E-state index < -0.39 is 0 Å². The van der Waals surface area contributed by atoms with Crippen LogP contribution in [0, 0.1) is 6.92 Å². The molecular weight excluding hydrogens is 362 g/mol. The summed E-state index contributed by atoms with van der Waals surface area (Å²) in [5, 5.41) is 12.7. The van der Waals surface area contributed by atoms with E-state index in [0.717, 1.165) is 56.4 Å². The molecule has 0 bridgehead atoms. The molecular formula is C20H26ClN5O. The normalized spacial score (nSPS) is 20.0. The van der Waals surface area contributed by atoms with Gasteiger partial charge in [0, 0.05) is 56.4 Å². The van der Waals surface area contributed by atoms with Gasteiger partial charge >= 0.3 is 0 Å². The topological polar surface area (TPSA) is 53.5 Å². The zero-order valence-electron chi connectivity index (χ0n) is 16.1. The second-order valence-electron chi connectivity index (χ2n) is 7.46. The quantitative estimate of drug-likeness (QED) is 0.870. The third-order valence-corrected chi connectivity index (χ3v) is 5.91. The van der Waals surface area contributed by atoms with Crippen LogP contribution < -0.4 is 15.0 Å². The highest BCUT2D eigenvalue weighted by Crippen LogP contribution is 2.35. The number of aromatic nitrogens is 2. The Bertz CT molecular complexity index is 843. The molecule has 1 unspecified atom stereocenters. The Balaban J connectivity index is 1.59. The molecule has 144 valence electrons. The van der Waals surface area contributed by atoms with E-state index in [1.165, 1.54) is 16.7 Å². The van der Waals surface area contributed by atoms with E-state index in [9.17, 15) is 0 Å². The van der Waals surface area contributed by atoms with E-state index >= 15 is 0 Å². The van der Waals surface area contributed by atoms with Gasteiger partial charge in [0.15, 0.2) is 11.0 Å². The van der Waals surface area contributed by atoms with Crippen molar-refractivity contribution in [3.8, 4) is 5.75 Å². The van der Waals surface area contributed by atoms with Crippen molar-refractivity contribution in [1.29, 1.82) is 0 Å². The molecule has 1 saturated heterocycles. The van der Waals surface area contributed by atoms with Gasteiger partial charge in [-0.3, -0.25) is 4.90 Å². The first-order valence-electron chi connectivity index (χ1n) is 9.44. The van der Waals surface area contributed by atoms with Crippen LogP contribution in [0.5, 0.6) is 5.75 Å². The Labute approximate surface area is 165 Å². The van der Waals surface area contributed by atoms with Crippen LogP contribution in [-0.4, -0.2) is 47.9 Å². The minimum Gasteiger partial charge on any atom is -0.497 e. The van der Waals surface area contributed by atoms with E-state index in [0.29, 0.717) is 11.2 Å². The largest absolute Gasteiger partial charge is 0.497 e. The van der Waals surface area contributed by atoms with Crippen LogP contribution in [0.1, 0.15) is 29.2 Å². The molecule has 4 rings (SSSR count). The van der Waals surface area contributed by atoms with Gasteiger partial charge in [0.2, 0.25) is 0 Å². The predicted molar refractivity (Wildman–Crippen MR) is 107 cm³/mol. The van der Waals surface area contributed by atoms with Gasteiger partial charge in [0.1, 0.15) is 5.75 Å². The van der Waals surface area contributed by atoms with Gasteiger partial charge in [-0.05, 0) is 37.1 Å². The van der Waals surface area contributed by atoms with Crippen LogP contribution >= 0.6 is 11.6 Å². The van der Waals surface area contributed by atoms with Crippen molar-refractivity contribution in [3.05, 3.63) is 45.6 Å². The Morgan fingerprint density at radius 2 is 2.07 bits per heavy atom. The van der Waals surface area contributed by atoms with Gasteiger partial charge in [-0.15, -0.1) is 10.2 Å². The Hall–Kier alpha value is -1.89. The third-order valence-electron chi connectivity index (χ3n) is 5.60. The molecule has 1 fully saturated rings. The summed E-state index contributed by atoms with van der Waals surface area (Å²) in [6.07, 6.45) is 0. The highest BCUT2D eigenvalue weighted by atomic mass is 35.5. The van der Waals surface area contributed by atoms with Crippen molar-refractivity contribution < 1.29 is 4.74 Å². The summed E-state index contributed by atoms with van der Waals surface area (Å²) in [5.74, 6) is 1.89. The highest BCUT2D eigenvalue weighted by molar-refractivity contribution is 6.30. The van der Waals surface area contributed by atoms with Crippen LogP contribution in [0.4, 0.5) is 5.82 Å². The fourth-order valence-corrected chi connectivity index (χ4v) is 4.20. The summed E-state index contributed by atoms with van der Waals surface area (Å²) in [6.45, 7) is 9.73. The SMILES string of the molecule is COc1ccc(C)c(CN2Cc3c(Cl)nnc(N4CCNCC4C)c3C2)c1. The first-order chi connectivity index (χ1) is 13.1. The fourth-order valence-electron chi connectivity index (χ4n) is 3.99. The lowest BCUT2D eigenvalue weighted by molar-refractivity contribution is 0.274. The number of hydrogen-bond acceptors (Lipinski definition) is 6. The molecule has 1 aromatic carbocycles. The smallest absolute Gasteiger partial charge is 0.156 e. The molecule has 3 heterocycles. The predicted octanol–water partition coefficient (Wildman–Crippen LogP) is 2.76. The standard InChI is InChI=1S/C20H26ClN5O/c1-13-4-5-16(27-3)8-15(13)10-25-11-17-18(12-25)20(24-23-19(17)21)26-7-6-22-9-14(26)2/h4-5,8,14,22H,6-7,9-12H2,1-3H3. The first kappa shape index (κ1) is 18.5. The molecule has 7 heteroatoms. The number of halogens is 1. The van der Waals surface area contributed by atoms with E-state index in [2.05, 4.69) is 51.3 Å². The minimum absolute atomic E-state index is 0.396. The van der Waals surface area contributed by atoms with Crippen LogP contribution in [0.25, 0.3) is 0 Å². The van der Waals surface area contributed by atoms with Crippen molar-refractivity contribution in [1.82, 2.24) is 20.4 Å². The highest BCUT2D eigenvalue weighted by Gasteiger charge is 2.31. The van der Waals surface area contributed by atoms with Gasteiger partial charge in [-0.25, -0.2) is 0 Å². The maximum atomic E-state index is 6.41. The third kappa shape index (κ3) is 3.61. The molecule has 0 amide bonds. The van der Waals surface area contributed by atoms with Crippen molar-refractivity contribution in [2.75, 3.05) is 31.6 Å². The Morgan fingerprint density at radius 3 is 2.85 bits per heavy atom. The number of nitrogens with zero attached hydrogens (tertiary/aromatic N) is 4. The average Bonchev–Trinajstić information content (AvgIpc) is 3.09. The monoisotopic (exact) mass is 387 g/mol. The number of nitrogens with one attached hydrogen (secondary N) is 1. The average molecular weight is 388 g/mol. The number of hydrogen-bond donors (Lipinski definition) is 1. The van der Waals surface area contributed by atoms with Gasteiger partial charge in [0.25, 0.3) is 0 Å². The molecule has 2 aromatic rings. The summed E-state index contributed by atoms with van der Waals surface area (Å²) in [7, 11) is 1.71. The minimum atomic E-state index is 0.396. The van der Waals surface area contributed by atoms with E-state index in [-0.39, 0.29) is 0 Å². The summed E-state index contributed by atoms with van der Waals surface area (Å²) in [5.41, 5.74) is 4.89. The number of aryl methyl sites for hydroxylation is 1. The van der Waals surface area contributed by atoms with Gasteiger partial charge in [-0.1, -0.05) is 17.7 Å². The van der Waals surface area contributed by atoms with E-state index in [4.69, 9.17) is 16.3 Å². The van der Waals surface area contributed by atoms with E-state index in [1.807, 2.05) is 6.07 Å². The van der Waals surface area contributed by atoms with E-state index in [1.54, 1.807) is 7.11 Å². The lowest BCUT2D eigenvalue weighted by Gasteiger charge is -2.35. The molecule has 1 atom stereocenters. The summed E-state index contributed by atoms with van der Waals surface area (Å²) in [4.78, 5) is 4.76. The van der Waals surface area contributed by atoms with Crippen molar-refractivity contribution in [2.45, 2.75) is 39.5 Å². The summed E-state index contributed by atoms with van der Waals surface area (Å²) >= 11 is 6.41. The van der Waals surface area contributed by atoms with Crippen LogP contribution in [0.15, 0.2) is 18.2 Å². The van der Waals surface area contributed by atoms with Gasteiger partial charge in [-0.2, -0.15) is 0 Å². The first-order valence-corrected chi connectivity index (χ1v) is 9.81. The molecule has 1 aromatic heterocycles. The number of benzene rings is 1. The fraction of sp³-hybridized carbons (Fsp3) is 0.500. The molecule has 0 spiro atoms. The molecule has 27 heavy (non-hydrogen) atoms. The Kier molecular flexibility index (Phi) is 5.21. The maximum Gasteiger partial charge on any atom is 0.156 e. The molecule has 0 radical (unpaired) electrons. The second kappa shape index (κ2) is 7.62. The lowest BCUT2D eigenvalue weighted by atomic mass is 10.1. The summed E-state index contributed by atoms with van der Waals surface area (Å²) < 4.78 is 5.39. The van der Waals surface area contributed by atoms with Crippen molar-refractivity contribution in [2.24, 2.45) is 0 Å². The maximum absolute atomic E-state index is 6.41. The van der Waals surface area contributed by atoms with Crippen molar-refractivity contribution >= 4 is 17.4 Å². The van der Waals surface area contributed by atoms with Crippen molar-refractivity contribution in [3.63, 3.8) is 0 Å². The number of fused-ring (bicyclic) bond motifs is 1. The number of piperazine rings is 1. The molecule has 0 saturated carbocycles. The summed E-state index contributed by atoms with van der Waals surface area (Å²) in [6, 6.07) is 6.64. The number of methoxy groups -OCH3 is 1.